The van der Waals surface area contributed by atoms with Gasteiger partial charge in [-0.1, -0.05) is 30.3 Å². The number of hydrogen-bond donors (Lipinski definition) is 3. The summed E-state index contributed by atoms with van der Waals surface area (Å²) >= 11 is 0. The third-order valence-corrected chi connectivity index (χ3v) is 5.27. The quantitative estimate of drug-likeness (QED) is 0.351. The lowest BCUT2D eigenvalue weighted by Crippen LogP contribution is -2.12. The summed E-state index contributed by atoms with van der Waals surface area (Å²) in [5.41, 5.74) is 3.73. The first-order chi connectivity index (χ1) is 16.0. The van der Waals surface area contributed by atoms with Crippen LogP contribution in [0.5, 0.6) is 5.75 Å². The molecule has 3 aromatic carbocycles. The predicted molar refractivity (Wildman–Crippen MR) is 126 cm³/mol. The van der Waals surface area contributed by atoms with Crippen molar-refractivity contribution < 1.29 is 18.7 Å². The van der Waals surface area contributed by atoms with E-state index in [2.05, 4.69) is 20.8 Å². The van der Waals surface area contributed by atoms with E-state index in [1.54, 1.807) is 24.3 Å². The monoisotopic (exact) mass is 440 g/mol. The minimum Gasteiger partial charge on any atom is -0.492 e. The van der Waals surface area contributed by atoms with Gasteiger partial charge in [0, 0.05) is 16.8 Å². The van der Waals surface area contributed by atoms with Gasteiger partial charge in [-0.3, -0.25) is 14.7 Å². The lowest BCUT2D eigenvalue weighted by atomic mass is 10.2. The zero-order valence-electron chi connectivity index (χ0n) is 17.9. The topological polar surface area (TPSA) is 109 Å². The van der Waals surface area contributed by atoms with Gasteiger partial charge in [0.25, 0.3) is 11.8 Å². The smallest absolute Gasteiger partial charge is 0.295 e. The number of H-pyrrole nitrogens is 1. The molecule has 0 radical (unpaired) electrons. The van der Waals surface area contributed by atoms with Crippen LogP contribution in [0.4, 0.5) is 11.4 Å². The van der Waals surface area contributed by atoms with Gasteiger partial charge in [0.15, 0.2) is 11.4 Å². The van der Waals surface area contributed by atoms with Crippen LogP contribution in [0.15, 0.2) is 71.1 Å². The lowest BCUT2D eigenvalue weighted by molar-refractivity contribution is 0.0992. The normalized spacial score (nSPS) is 11.0. The van der Waals surface area contributed by atoms with Gasteiger partial charge in [0.1, 0.15) is 5.58 Å². The first-order valence-electron chi connectivity index (χ1n) is 10.3. The molecular weight excluding hydrogens is 420 g/mol. The number of nitrogens with one attached hydrogen (secondary N) is 3. The Kier molecular flexibility index (Phi) is 5.02. The van der Waals surface area contributed by atoms with Crippen molar-refractivity contribution >= 4 is 45.1 Å². The highest BCUT2D eigenvalue weighted by molar-refractivity contribution is 6.12. The van der Waals surface area contributed by atoms with Crippen LogP contribution in [-0.4, -0.2) is 29.1 Å². The molecule has 0 fully saturated rings. The molecule has 2 aromatic heterocycles. The van der Waals surface area contributed by atoms with E-state index in [-0.39, 0.29) is 17.4 Å². The molecule has 3 N–H and O–H groups in total. The molecule has 0 spiro atoms. The Labute approximate surface area is 188 Å². The Hall–Kier alpha value is -4.59. The molecule has 164 valence electrons. The Bertz CT molecular complexity index is 1520. The number of fused-ring (bicyclic) bond motifs is 2. The number of benzene rings is 3. The van der Waals surface area contributed by atoms with Gasteiger partial charge in [0.05, 0.1) is 18.0 Å². The van der Waals surface area contributed by atoms with Gasteiger partial charge in [-0.2, -0.15) is 5.10 Å². The van der Waals surface area contributed by atoms with Gasteiger partial charge in [-0.15, -0.1) is 0 Å². The molecule has 0 unspecified atom stereocenters. The van der Waals surface area contributed by atoms with E-state index >= 15 is 0 Å². The summed E-state index contributed by atoms with van der Waals surface area (Å²) < 4.78 is 11.3. The van der Waals surface area contributed by atoms with E-state index in [9.17, 15) is 9.59 Å². The second-order valence-corrected chi connectivity index (χ2v) is 7.57. The van der Waals surface area contributed by atoms with Crippen molar-refractivity contribution in [2.24, 2.45) is 0 Å². The molecule has 0 aliphatic heterocycles. The van der Waals surface area contributed by atoms with Crippen LogP contribution in [0.1, 0.15) is 26.6 Å². The number of amides is 2. The number of anilines is 2. The molecule has 33 heavy (non-hydrogen) atoms. The zero-order chi connectivity index (χ0) is 22.9. The van der Waals surface area contributed by atoms with Crippen molar-refractivity contribution in [3.8, 4) is 5.75 Å². The molecule has 8 nitrogen and oxygen atoms in total. The standard InChI is InChI=1S/C25H20N4O4/c1-14-6-5-7-15(12-14)27-25(31)23-22(32-2)18-13-16(10-11-20(18)33-23)26-24(30)21-17-8-3-4-9-19(17)28-29-21/h3-13H,1-2H3,(H,26,30)(H,27,31)(H,28,29). The molecular formula is C25H20N4O4. The molecule has 0 saturated heterocycles. The number of methoxy groups -OCH3 is 1. The number of aromatic nitrogens is 2. The van der Waals surface area contributed by atoms with E-state index in [1.807, 2.05) is 49.4 Å². The number of nitrogens with zero attached hydrogens (tertiary/aromatic N) is 1. The number of aryl methyl sites for hydroxylation is 1. The molecule has 5 aromatic rings. The molecule has 0 aliphatic rings. The van der Waals surface area contributed by atoms with E-state index in [4.69, 9.17) is 9.15 Å². The number of carbonyl (C=O) groups is 2. The molecule has 2 heterocycles. The average Bonchev–Trinajstić information content (AvgIpc) is 3.40. The summed E-state index contributed by atoms with van der Waals surface area (Å²) in [6.07, 6.45) is 0. The van der Waals surface area contributed by atoms with Crippen LogP contribution in [0, 0.1) is 6.92 Å². The Balaban J connectivity index is 1.44. The maximum atomic E-state index is 12.9. The van der Waals surface area contributed by atoms with E-state index in [1.165, 1.54) is 7.11 Å². The van der Waals surface area contributed by atoms with Crippen LogP contribution >= 0.6 is 0 Å². The van der Waals surface area contributed by atoms with Crippen molar-refractivity contribution in [1.82, 2.24) is 10.2 Å². The Morgan fingerprint density at radius 1 is 0.909 bits per heavy atom. The van der Waals surface area contributed by atoms with Gasteiger partial charge in [-0.05, 0) is 48.9 Å². The summed E-state index contributed by atoms with van der Waals surface area (Å²) in [6, 6.07) is 19.9. The first kappa shape index (κ1) is 20.3. The Morgan fingerprint density at radius 2 is 1.70 bits per heavy atom. The molecule has 0 atom stereocenters. The van der Waals surface area contributed by atoms with Crippen LogP contribution in [0.2, 0.25) is 0 Å². The van der Waals surface area contributed by atoms with Crippen LogP contribution in [0.25, 0.3) is 21.9 Å². The maximum Gasteiger partial charge on any atom is 0.295 e. The highest BCUT2D eigenvalue weighted by Crippen LogP contribution is 2.35. The van der Waals surface area contributed by atoms with E-state index < -0.39 is 5.91 Å². The van der Waals surface area contributed by atoms with Crippen LogP contribution in [0.3, 0.4) is 0 Å². The average molecular weight is 440 g/mol. The fraction of sp³-hybridized carbons (Fsp3) is 0.0800. The van der Waals surface area contributed by atoms with Crippen LogP contribution in [-0.2, 0) is 0 Å². The molecule has 0 bridgehead atoms. The fourth-order valence-corrected chi connectivity index (χ4v) is 3.74. The number of ether oxygens (including phenoxy) is 1. The Morgan fingerprint density at radius 3 is 2.52 bits per heavy atom. The minimum atomic E-state index is -0.428. The summed E-state index contributed by atoms with van der Waals surface area (Å²) in [4.78, 5) is 25.7. The molecule has 2 amide bonds. The SMILES string of the molecule is COc1c(C(=O)Nc2cccc(C)c2)oc2ccc(NC(=O)c3n[nH]c4ccccc34)cc12. The van der Waals surface area contributed by atoms with Gasteiger partial charge in [0.2, 0.25) is 5.76 Å². The summed E-state index contributed by atoms with van der Waals surface area (Å²) in [6.45, 7) is 1.94. The second-order valence-electron chi connectivity index (χ2n) is 7.57. The van der Waals surface area contributed by atoms with Crippen molar-refractivity contribution in [3.05, 3.63) is 83.7 Å². The molecule has 5 rings (SSSR count). The van der Waals surface area contributed by atoms with Crippen molar-refractivity contribution in [2.45, 2.75) is 6.92 Å². The van der Waals surface area contributed by atoms with E-state index in [0.29, 0.717) is 28.0 Å². The number of rotatable bonds is 5. The highest BCUT2D eigenvalue weighted by Gasteiger charge is 2.23. The maximum absolute atomic E-state index is 12.9. The number of para-hydroxylation sites is 1. The second kappa shape index (κ2) is 8.16. The predicted octanol–water partition coefficient (Wildman–Crippen LogP) is 5.13. The minimum absolute atomic E-state index is 0.0516. The van der Waals surface area contributed by atoms with Gasteiger partial charge in [-0.25, -0.2) is 0 Å². The number of furan rings is 1. The van der Waals surface area contributed by atoms with Gasteiger partial charge >= 0.3 is 0 Å². The number of aromatic amines is 1. The molecule has 8 heteroatoms. The lowest BCUT2D eigenvalue weighted by Gasteiger charge is -2.06. The third kappa shape index (κ3) is 3.78. The zero-order valence-corrected chi connectivity index (χ0v) is 17.9. The number of hydrogen-bond acceptors (Lipinski definition) is 5. The fourth-order valence-electron chi connectivity index (χ4n) is 3.74. The first-order valence-corrected chi connectivity index (χ1v) is 10.3. The molecule has 0 saturated carbocycles. The summed E-state index contributed by atoms with van der Waals surface area (Å²) in [5, 5.41) is 13.9. The highest BCUT2D eigenvalue weighted by atomic mass is 16.5. The largest absolute Gasteiger partial charge is 0.492 e. The summed E-state index contributed by atoms with van der Waals surface area (Å²) in [7, 11) is 1.47. The van der Waals surface area contributed by atoms with Crippen LogP contribution < -0.4 is 15.4 Å². The summed E-state index contributed by atoms with van der Waals surface area (Å²) in [5.74, 6) is -0.443. The van der Waals surface area contributed by atoms with Crippen molar-refractivity contribution in [3.63, 3.8) is 0 Å². The number of carbonyl (C=O) groups excluding carboxylic acids is 2. The van der Waals surface area contributed by atoms with Crippen molar-refractivity contribution in [1.29, 1.82) is 0 Å². The third-order valence-electron chi connectivity index (χ3n) is 5.27. The van der Waals surface area contributed by atoms with Gasteiger partial charge < -0.3 is 19.8 Å². The van der Waals surface area contributed by atoms with E-state index in [0.717, 1.165) is 16.5 Å². The molecule has 0 aliphatic carbocycles. The van der Waals surface area contributed by atoms with Crippen molar-refractivity contribution in [2.75, 3.05) is 17.7 Å².